The van der Waals surface area contributed by atoms with Gasteiger partial charge in [-0.2, -0.15) is 0 Å². The summed E-state index contributed by atoms with van der Waals surface area (Å²) in [6.45, 7) is 1.82. The zero-order chi connectivity index (χ0) is 13.8. The second-order valence-electron chi connectivity index (χ2n) is 4.38. The van der Waals surface area contributed by atoms with Gasteiger partial charge in [0.25, 0.3) is 0 Å². The molecule has 1 aromatic heterocycles. The fourth-order valence-corrected chi connectivity index (χ4v) is 3.04. The number of Topliss-reactive ketones (excluding diaryl/α,β-unsaturated/α-hetero) is 1. The number of amides is 1. The molecular weight excluding hydrogens is 288 g/mol. The molecule has 0 bridgehead atoms. The third kappa shape index (κ3) is 3.92. The fourth-order valence-electron chi connectivity index (χ4n) is 2.06. The number of ketones is 1. The van der Waals surface area contributed by atoms with Crippen LogP contribution in [0.5, 0.6) is 0 Å². The first kappa shape index (κ1) is 14.3. The van der Waals surface area contributed by atoms with E-state index in [0.717, 1.165) is 13.0 Å². The first-order valence-corrected chi connectivity index (χ1v) is 7.13. The van der Waals surface area contributed by atoms with Crippen LogP contribution < -0.4 is 5.32 Å². The number of likely N-dealkylation sites (tertiary alicyclic amines) is 1. The van der Waals surface area contributed by atoms with Gasteiger partial charge in [0.05, 0.1) is 22.9 Å². The van der Waals surface area contributed by atoms with Crippen LogP contribution in [0.15, 0.2) is 12.1 Å². The van der Waals surface area contributed by atoms with Crippen LogP contribution in [0.1, 0.15) is 16.1 Å². The summed E-state index contributed by atoms with van der Waals surface area (Å²) < 4.78 is 5.17. The Morgan fingerprint density at radius 3 is 3.00 bits per heavy atom. The number of carbonyl (C=O) groups excluding carboxylic acids is 2. The van der Waals surface area contributed by atoms with E-state index in [1.807, 2.05) is 4.90 Å². The van der Waals surface area contributed by atoms with E-state index >= 15 is 0 Å². The molecule has 1 atom stereocenters. The minimum atomic E-state index is -0.428. The molecule has 1 N–H and O–H groups in total. The molecule has 0 aromatic carbocycles. The molecule has 1 unspecified atom stereocenters. The van der Waals surface area contributed by atoms with Crippen LogP contribution in [0, 0.1) is 0 Å². The van der Waals surface area contributed by atoms with E-state index in [1.165, 1.54) is 18.4 Å². The lowest BCUT2D eigenvalue weighted by Gasteiger charge is -2.15. The van der Waals surface area contributed by atoms with Crippen LogP contribution in [0.3, 0.4) is 0 Å². The van der Waals surface area contributed by atoms with Gasteiger partial charge in [-0.1, -0.05) is 11.6 Å². The number of nitrogens with one attached hydrogen (secondary N) is 1. The predicted molar refractivity (Wildman–Crippen MR) is 74.0 cm³/mol. The molecule has 1 amide bonds. The first-order chi connectivity index (χ1) is 9.08. The van der Waals surface area contributed by atoms with Crippen molar-refractivity contribution in [3.63, 3.8) is 0 Å². The Balaban J connectivity index is 1.82. The van der Waals surface area contributed by atoms with E-state index < -0.39 is 6.09 Å². The number of halogens is 1. The topological polar surface area (TPSA) is 58.6 Å². The van der Waals surface area contributed by atoms with E-state index in [4.69, 9.17) is 11.6 Å². The van der Waals surface area contributed by atoms with Gasteiger partial charge < -0.3 is 10.1 Å². The van der Waals surface area contributed by atoms with E-state index in [2.05, 4.69) is 10.1 Å². The van der Waals surface area contributed by atoms with Crippen molar-refractivity contribution in [3.8, 4) is 0 Å². The quantitative estimate of drug-likeness (QED) is 0.865. The summed E-state index contributed by atoms with van der Waals surface area (Å²) in [5, 5.41) is 2.74. The third-order valence-electron chi connectivity index (χ3n) is 2.99. The van der Waals surface area contributed by atoms with Crippen molar-refractivity contribution >= 4 is 34.8 Å². The molecule has 1 saturated heterocycles. The zero-order valence-corrected chi connectivity index (χ0v) is 12.1. The highest BCUT2D eigenvalue weighted by Gasteiger charge is 2.26. The maximum Gasteiger partial charge on any atom is 0.407 e. The highest BCUT2D eigenvalue weighted by Crippen LogP contribution is 2.22. The molecule has 1 aliphatic rings. The van der Waals surface area contributed by atoms with Crippen molar-refractivity contribution in [2.24, 2.45) is 0 Å². The summed E-state index contributed by atoms with van der Waals surface area (Å²) >= 11 is 7.10. The maximum absolute atomic E-state index is 12.0. The number of ether oxygens (including phenoxy) is 1. The van der Waals surface area contributed by atoms with Crippen LogP contribution in [0.2, 0.25) is 4.34 Å². The molecule has 0 spiro atoms. The molecule has 1 aliphatic heterocycles. The maximum atomic E-state index is 12.0. The summed E-state index contributed by atoms with van der Waals surface area (Å²) in [7, 11) is 1.34. The van der Waals surface area contributed by atoms with Gasteiger partial charge in [0.15, 0.2) is 5.78 Å². The molecule has 5 nitrogen and oxygen atoms in total. The molecule has 0 aliphatic carbocycles. The lowest BCUT2D eigenvalue weighted by Crippen LogP contribution is -2.37. The van der Waals surface area contributed by atoms with Crippen molar-refractivity contribution in [2.45, 2.75) is 12.5 Å². The average Bonchev–Trinajstić information content (AvgIpc) is 2.98. The number of methoxy groups -OCH3 is 1. The molecule has 1 fully saturated rings. The summed E-state index contributed by atoms with van der Waals surface area (Å²) in [6.07, 6.45) is 0.399. The standard InChI is InChI=1S/C12H15ClN2O3S/c1-18-12(17)14-8-4-5-15(6-8)7-9(16)10-2-3-11(13)19-10/h2-3,8H,4-7H2,1H3,(H,14,17). The number of carbonyl (C=O) groups is 2. The van der Waals surface area contributed by atoms with Gasteiger partial charge in [-0.15, -0.1) is 11.3 Å². The number of rotatable bonds is 4. The fraction of sp³-hybridized carbons (Fsp3) is 0.500. The molecular formula is C12H15ClN2O3S. The molecule has 104 valence electrons. The van der Waals surface area contributed by atoms with Gasteiger partial charge in [0.1, 0.15) is 0 Å². The Hall–Kier alpha value is -1.11. The van der Waals surface area contributed by atoms with Gasteiger partial charge in [0, 0.05) is 19.1 Å². The van der Waals surface area contributed by atoms with Crippen molar-refractivity contribution in [1.82, 2.24) is 10.2 Å². The van der Waals surface area contributed by atoms with Crippen LogP contribution in [0.25, 0.3) is 0 Å². The van der Waals surface area contributed by atoms with Crippen molar-refractivity contribution in [2.75, 3.05) is 26.7 Å². The summed E-state index contributed by atoms with van der Waals surface area (Å²) in [5.74, 6) is 0.0654. The minimum absolute atomic E-state index is 0.0483. The summed E-state index contributed by atoms with van der Waals surface area (Å²) in [4.78, 5) is 25.8. The highest BCUT2D eigenvalue weighted by atomic mass is 35.5. The molecule has 0 radical (unpaired) electrons. The van der Waals surface area contributed by atoms with Gasteiger partial charge in [-0.3, -0.25) is 9.69 Å². The van der Waals surface area contributed by atoms with E-state index in [0.29, 0.717) is 22.3 Å². The first-order valence-electron chi connectivity index (χ1n) is 5.94. The Labute approximate surface area is 120 Å². The number of hydrogen-bond donors (Lipinski definition) is 1. The van der Waals surface area contributed by atoms with Gasteiger partial charge >= 0.3 is 6.09 Å². The van der Waals surface area contributed by atoms with E-state index in [-0.39, 0.29) is 11.8 Å². The zero-order valence-electron chi connectivity index (χ0n) is 10.5. The third-order valence-corrected chi connectivity index (χ3v) is 4.27. The van der Waals surface area contributed by atoms with Crippen LogP contribution in [-0.4, -0.2) is 49.6 Å². The van der Waals surface area contributed by atoms with E-state index in [9.17, 15) is 9.59 Å². The average molecular weight is 303 g/mol. The Bertz CT molecular complexity index is 477. The van der Waals surface area contributed by atoms with Crippen LogP contribution >= 0.6 is 22.9 Å². The summed E-state index contributed by atoms with van der Waals surface area (Å²) in [6, 6.07) is 3.52. The smallest absolute Gasteiger partial charge is 0.407 e. The largest absolute Gasteiger partial charge is 0.453 e. The highest BCUT2D eigenvalue weighted by molar-refractivity contribution is 7.18. The minimum Gasteiger partial charge on any atom is -0.453 e. The Morgan fingerprint density at radius 2 is 2.37 bits per heavy atom. The number of alkyl carbamates (subject to hydrolysis) is 1. The molecule has 2 heterocycles. The van der Waals surface area contributed by atoms with Crippen LogP contribution in [-0.2, 0) is 4.74 Å². The predicted octanol–water partition coefficient (Wildman–Crippen LogP) is 2.01. The van der Waals surface area contributed by atoms with Crippen molar-refractivity contribution in [3.05, 3.63) is 21.3 Å². The molecule has 0 saturated carbocycles. The van der Waals surface area contributed by atoms with E-state index in [1.54, 1.807) is 12.1 Å². The Kier molecular flexibility index (Phi) is 4.79. The number of thiophene rings is 1. The van der Waals surface area contributed by atoms with Crippen molar-refractivity contribution < 1.29 is 14.3 Å². The van der Waals surface area contributed by atoms with Gasteiger partial charge in [-0.25, -0.2) is 4.79 Å². The normalized spacial score (nSPS) is 19.4. The molecule has 7 heteroatoms. The lowest BCUT2D eigenvalue weighted by atomic mass is 10.3. The second kappa shape index (κ2) is 6.36. The van der Waals surface area contributed by atoms with Crippen molar-refractivity contribution in [1.29, 1.82) is 0 Å². The number of nitrogens with zero attached hydrogens (tertiary/aromatic N) is 1. The second-order valence-corrected chi connectivity index (χ2v) is 6.10. The molecule has 1 aromatic rings. The van der Waals surface area contributed by atoms with Gasteiger partial charge in [0.2, 0.25) is 0 Å². The molecule has 2 rings (SSSR count). The van der Waals surface area contributed by atoms with Crippen LogP contribution in [0.4, 0.5) is 4.79 Å². The van der Waals surface area contributed by atoms with Gasteiger partial charge in [-0.05, 0) is 18.6 Å². The SMILES string of the molecule is COC(=O)NC1CCN(CC(=O)c2ccc(Cl)s2)C1. The monoisotopic (exact) mass is 302 g/mol. The summed E-state index contributed by atoms with van der Waals surface area (Å²) in [5.41, 5.74) is 0. The number of hydrogen-bond acceptors (Lipinski definition) is 5. The molecule has 19 heavy (non-hydrogen) atoms. The lowest BCUT2D eigenvalue weighted by molar-refractivity contribution is 0.0948. The Morgan fingerprint density at radius 1 is 1.58 bits per heavy atom.